The average molecular weight is 312 g/mol. The average Bonchev–Trinajstić information content (AvgIpc) is 2.73. The number of primary amides is 1. The van der Waals surface area contributed by atoms with Crippen LogP contribution in [-0.2, 0) is 4.79 Å². The van der Waals surface area contributed by atoms with Crippen LogP contribution in [0.1, 0.15) is 23.7 Å². The second-order valence-corrected chi connectivity index (χ2v) is 5.58. The predicted molar refractivity (Wildman–Crippen MR) is 69.8 cm³/mol. The van der Waals surface area contributed by atoms with Gasteiger partial charge >= 0.3 is 0 Å². The molecule has 1 atom stereocenters. The first kappa shape index (κ1) is 13.0. The van der Waals surface area contributed by atoms with Crippen LogP contribution >= 0.6 is 15.9 Å². The SMILES string of the molecule is CC1(C(N)=O)CCN(C(=O)c2ccc(Br)nc2)C1. The molecule has 0 saturated carbocycles. The molecule has 1 fully saturated rings. The largest absolute Gasteiger partial charge is 0.369 e. The second-order valence-electron chi connectivity index (χ2n) is 4.77. The van der Waals surface area contributed by atoms with Gasteiger partial charge in [-0.15, -0.1) is 0 Å². The molecular formula is C12H14BrN3O2. The highest BCUT2D eigenvalue weighted by Gasteiger charge is 2.40. The quantitative estimate of drug-likeness (QED) is 0.833. The van der Waals surface area contributed by atoms with Gasteiger partial charge < -0.3 is 10.6 Å². The molecule has 1 aromatic rings. The lowest BCUT2D eigenvalue weighted by atomic mass is 9.89. The molecule has 0 spiro atoms. The van der Waals surface area contributed by atoms with E-state index in [0.29, 0.717) is 29.7 Å². The van der Waals surface area contributed by atoms with Crippen LogP contribution in [0, 0.1) is 5.41 Å². The van der Waals surface area contributed by atoms with Gasteiger partial charge in [-0.25, -0.2) is 4.98 Å². The van der Waals surface area contributed by atoms with Crippen LogP contribution in [0.15, 0.2) is 22.9 Å². The summed E-state index contributed by atoms with van der Waals surface area (Å²) < 4.78 is 0.683. The van der Waals surface area contributed by atoms with Gasteiger partial charge in [-0.2, -0.15) is 0 Å². The lowest BCUT2D eigenvalue weighted by Gasteiger charge is -2.21. The summed E-state index contributed by atoms with van der Waals surface area (Å²) in [5, 5.41) is 0. The third-order valence-electron chi connectivity index (χ3n) is 3.33. The molecule has 96 valence electrons. The highest BCUT2D eigenvalue weighted by Crippen LogP contribution is 2.30. The molecule has 0 aliphatic carbocycles. The fourth-order valence-electron chi connectivity index (χ4n) is 2.02. The van der Waals surface area contributed by atoms with Crippen LogP contribution < -0.4 is 5.73 Å². The summed E-state index contributed by atoms with van der Waals surface area (Å²) >= 11 is 3.22. The minimum absolute atomic E-state index is 0.111. The van der Waals surface area contributed by atoms with Crippen molar-refractivity contribution in [2.75, 3.05) is 13.1 Å². The number of carbonyl (C=O) groups is 2. The topological polar surface area (TPSA) is 76.3 Å². The van der Waals surface area contributed by atoms with Gasteiger partial charge in [0.25, 0.3) is 5.91 Å². The number of rotatable bonds is 2. The van der Waals surface area contributed by atoms with Crippen molar-refractivity contribution in [3.63, 3.8) is 0 Å². The van der Waals surface area contributed by atoms with Gasteiger partial charge in [0, 0.05) is 19.3 Å². The number of hydrogen-bond donors (Lipinski definition) is 1. The van der Waals surface area contributed by atoms with E-state index in [9.17, 15) is 9.59 Å². The summed E-state index contributed by atoms with van der Waals surface area (Å²) in [6, 6.07) is 3.43. The zero-order valence-electron chi connectivity index (χ0n) is 10.0. The Morgan fingerprint density at radius 3 is 2.72 bits per heavy atom. The Balaban J connectivity index is 2.12. The summed E-state index contributed by atoms with van der Waals surface area (Å²) in [5.41, 5.74) is 5.27. The fraction of sp³-hybridized carbons (Fsp3) is 0.417. The van der Waals surface area contributed by atoms with Crippen molar-refractivity contribution in [3.05, 3.63) is 28.5 Å². The van der Waals surface area contributed by atoms with Gasteiger partial charge in [0.15, 0.2) is 0 Å². The van der Waals surface area contributed by atoms with Crippen molar-refractivity contribution < 1.29 is 9.59 Å². The van der Waals surface area contributed by atoms with Crippen LogP contribution in [0.3, 0.4) is 0 Å². The van der Waals surface area contributed by atoms with Crippen molar-refractivity contribution >= 4 is 27.7 Å². The van der Waals surface area contributed by atoms with E-state index in [-0.39, 0.29) is 11.8 Å². The molecule has 1 aromatic heterocycles. The maximum Gasteiger partial charge on any atom is 0.255 e. The zero-order chi connectivity index (χ0) is 13.3. The van der Waals surface area contributed by atoms with Crippen molar-refractivity contribution in [2.45, 2.75) is 13.3 Å². The molecule has 0 bridgehead atoms. The van der Waals surface area contributed by atoms with Crippen molar-refractivity contribution in [1.29, 1.82) is 0 Å². The van der Waals surface area contributed by atoms with Gasteiger partial charge in [0.1, 0.15) is 4.60 Å². The van der Waals surface area contributed by atoms with E-state index in [2.05, 4.69) is 20.9 Å². The summed E-state index contributed by atoms with van der Waals surface area (Å²) in [6.45, 7) is 2.72. The molecule has 0 radical (unpaired) electrons. The number of pyridine rings is 1. The number of nitrogens with zero attached hydrogens (tertiary/aromatic N) is 2. The fourth-order valence-corrected chi connectivity index (χ4v) is 2.25. The minimum Gasteiger partial charge on any atom is -0.369 e. The Hall–Kier alpha value is -1.43. The molecule has 2 N–H and O–H groups in total. The first-order valence-electron chi connectivity index (χ1n) is 5.63. The van der Waals surface area contributed by atoms with Crippen LogP contribution in [0.5, 0.6) is 0 Å². The van der Waals surface area contributed by atoms with E-state index < -0.39 is 5.41 Å². The Labute approximate surface area is 113 Å². The molecule has 6 heteroatoms. The third kappa shape index (κ3) is 2.38. The summed E-state index contributed by atoms with van der Waals surface area (Å²) in [5.74, 6) is -0.466. The Morgan fingerprint density at radius 2 is 2.22 bits per heavy atom. The predicted octanol–water partition coefficient (Wildman–Crippen LogP) is 1.18. The normalized spacial score (nSPS) is 23.1. The molecule has 1 aliphatic heterocycles. The lowest BCUT2D eigenvalue weighted by Crippen LogP contribution is -2.38. The van der Waals surface area contributed by atoms with E-state index in [1.807, 2.05) is 0 Å². The van der Waals surface area contributed by atoms with Crippen LogP contribution in [0.2, 0.25) is 0 Å². The lowest BCUT2D eigenvalue weighted by molar-refractivity contribution is -0.126. The number of amides is 2. The van der Waals surface area contributed by atoms with E-state index in [1.54, 1.807) is 24.0 Å². The minimum atomic E-state index is -0.613. The third-order valence-corrected chi connectivity index (χ3v) is 3.80. The zero-order valence-corrected chi connectivity index (χ0v) is 11.6. The highest BCUT2D eigenvalue weighted by atomic mass is 79.9. The van der Waals surface area contributed by atoms with Gasteiger partial charge in [-0.1, -0.05) is 0 Å². The number of halogens is 1. The number of likely N-dealkylation sites (tertiary alicyclic amines) is 1. The summed E-state index contributed by atoms with van der Waals surface area (Å²) in [4.78, 5) is 29.2. The molecule has 1 saturated heterocycles. The van der Waals surface area contributed by atoms with E-state index in [1.165, 1.54) is 6.20 Å². The summed E-state index contributed by atoms with van der Waals surface area (Å²) in [6.07, 6.45) is 2.13. The Kier molecular flexibility index (Phi) is 3.38. The molecular weight excluding hydrogens is 298 g/mol. The molecule has 5 nitrogen and oxygen atoms in total. The van der Waals surface area contributed by atoms with E-state index in [4.69, 9.17) is 5.73 Å². The van der Waals surface area contributed by atoms with Crippen LogP contribution in [0.25, 0.3) is 0 Å². The van der Waals surface area contributed by atoms with Crippen LogP contribution in [0.4, 0.5) is 0 Å². The van der Waals surface area contributed by atoms with Gasteiger partial charge in [0.2, 0.25) is 5.91 Å². The maximum atomic E-state index is 12.2. The molecule has 2 heterocycles. The van der Waals surface area contributed by atoms with E-state index in [0.717, 1.165) is 0 Å². The van der Waals surface area contributed by atoms with Gasteiger partial charge in [-0.05, 0) is 41.4 Å². The van der Waals surface area contributed by atoms with Crippen LogP contribution in [-0.4, -0.2) is 34.8 Å². The molecule has 18 heavy (non-hydrogen) atoms. The molecule has 2 amide bonds. The highest BCUT2D eigenvalue weighted by molar-refractivity contribution is 9.10. The molecule has 0 aromatic carbocycles. The van der Waals surface area contributed by atoms with Crippen molar-refractivity contribution in [3.8, 4) is 0 Å². The van der Waals surface area contributed by atoms with Gasteiger partial charge in [0.05, 0.1) is 11.0 Å². The number of aromatic nitrogens is 1. The molecule has 1 aliphatic rings. The van der Waals surface area contributed by atoms with Gasteiger partial charge in [-0.3, -0.25) is 9.59 Å². The molecule has 2 rings (SSSR count). The molecule has 1 unspecified atom stereocenters. The monoisotopic (exact) mass is 311 g/mol. The van der Waals surface area contributed by atoms with E-state index >= 15 is 0 Å². The standard InChI is InChI=1S/C12H14BrN3O2/c1-12(11(14)18)4-5-16(7-12)10(17)8-2-3-9(13)15-6-8/h2-3,6H,4-5,7H2,1H3,(H2,14,18). The smallest absolute Gasteiger partial charge is 0.255 e. The number of carbonyl (C=O) groups excluding carboxylic acids is 2. The Morgan fingerprint density at radius 1 is 1.50 bits per heavy atom. The first-order valence-corrected chi connectivity index (χ1v) is 6.42. The summed E-state index contributed by atoms with van der Waals surface area (Å²) in [7, 11) is 0. The first-order chi connectivity index (χ1) is 8.42. The van der Waals surface area contributed by atoms with Crippen molar-refractivity contribution in [1.82, 2.24) is 9.88 Å². The number of nitrogens with two attached hydrogens (primary N) is 1. The second kappa shape index (κ2) is 4.68. The number of hydrogen-bond acceptors (Lipinski definition) is 3. The Bertz CT molecular complexity index is 489. The van der Waals surface area contributed by atoms with Crippen molar-refractivity contribution in [2.24, 2.45) is 11.1 Å². The maximum absolute atomic E-state index is 12.2.